The molecule has 0 saturated carbocycles. The molecule has 0 saturated heterocycles. The van der Waals surface area contributed by atoms with Gasteiger partial charge in [0, 0.05) is 16.7 Å². The summed E-state index contributed by atoms with van der Waals surface area (Å²) in [6.45, 7) is 4.51. The van der Waals surface area contributed by atoms with E-state index in [0.29, 0.717) is 23.1 Å². The van der Waals surface area contributed by atoms with Crippen molar-refractivity contribution in [3.05, 3.63) is 64.6 Å². The lowest BCUT2D eigenvalue weighted by Crippen LogP contribution is -2.22. The quantitative estimate of drug-likeness (QED) is 0.465. The molecule has 2 aromatic carbocycles. The molecule has 4 nitrogen and oxygen atoms in total. The molecular weight excluding hydrogens is 412 g/mol. The lowest BCUT2D eigenvalue weighted by atomic mass is 10.2. The molecule has 3 aromatic rings. The Bertz CT molecular complexity index is 928. The number of hydrogen-bond donors (Lipinski definition) is 1. The fourth-order valence-electron chi connectivity index (χ4n) is 2.45. The highest BCUT2D eigenvalue weighted by atomic mass is 35.5. The summed E-state index contributed by atoms with van der Waals surface area (Å²) >= 11 is 9.25. The van der Waals surface area contributed by atoms with Crippen molar-refractivity contribution in [2.75, 3.05) is 11.9 Å². The number of benzene rings is 2. The van der Waals surface area contributed by atoms with Gasteiger partial charge >= 0.3 is 0 Å². The Balaban J connectivity index is 1.55. The van der Waals surface area contributed by atoms with Crippen LogP contribution >= 0.6 is 34.7 Å². The maximum atomic E-state index is 12.4. The van der Waals surface area contributed by atoms with Gasteiger partial charge in [-0.05, 0) is 50.2 Å². The molecule has 0 aliphatic heterocycles. The average Bonchev–Trinajstić information content (AvgIpc) is 3.17. The van der Waals surface area contributed by atoms with E-state index in [0.717, 1.165) is 22.0 Å². The second kappa shape index (κ2) is 9.96. The van der Waals surface area contributed by atoms with E-state index in [-0.39, 0.29) is 11.2 Å². The summed E-state index contributed by atoms with van der Waals surface area (Å²) < 4.78 is 5.47. The predicted octanol–water partition coefficient (Wildman–Crippen LogP) is 6.12. The van der Waals surface area contributed by atoms with Crippen molar-refractivity contribution in [2.45, 2.75) is 24.9 Å². The van der Waals surface area contributed by atoms with E-state index in [4.69, 9.17) is 16.3 Å². The SMILES string of the molecule is CCOc1ccc(-c2nc(CSC(C)C(=O)Nc3ccccc3Cl)cs2)cc1. The van der Waals surface area contributed by atoms with Crippen LogP contribution in [0.2, 0.25) is 5.02 Å². The molecule has 0 fully saturated rings. The van der Waals surface area contributed by atoms with Crippen molar-refractivity contribution in [3.8, 4) is 16.3 Å². The molecule has 0 aliphatic carbocycles. The summed E-state index contributed by atoms with van der Waals surface area (Å²) in [5.74, 6) is 1.46. The van der Waals surface area contributed by atoms with E-state index in [1.807, 2.05) is 55.6 Å². The largest absolute Gasteiger partial charge is 0.494 e. The van der Waals surface area contributed by atoms with E-state index in [1.165, 1.54) is 0 Å². The Morgan fingerprint density at radius 2 is 2.00 bits per heavy atom. The van der Waals surface area contributed by atoms with Crippen molar-refractivity contribution in [2.24, 2.45) is 0 Å². The third-order valence-electron chi connectivity index (χ3n) is 3.95. The number of anilines is 1. The number of carbonyl (C=O) groups excluding carboxylic acids is 1. The molecule has 1 aromatic heterocycles. The zero-order chi connectivity index (χ0) is 19.9. The van der Waals surface area contributed by atoms with Gasteiger partial charge in [0.2, 0.25) is 5.91 Å². The summed E-state index contributed by atoms with van der Waals surface area (Å²) in [6, 6.07) is 15.2. The van der Waals surface area contributed by atoms with Gasteiger partial charge < -0.3 is 10.1 Å². The number of halogens is 1. The standard InChI is InChI=1S/C21H21ClN2O2S2/c1-3-26-17-10-8-15(9-11-17)21-23-16(13-28-21)12-27-14(2)20(25)24-19-7-5-4-6-18(19)22/h4-11,13-14H,3,12H2,1-2H3,(H,24,25). The van der Waals surface area contributed by atoms with Crippen LogP contribution in [-0.4, -0.2) is 22.7 Å². The summed E-state index contributed by atoms with van der Waals surface area (Å²) in [4.78, 5) is 17.1. The summed E-state index contributed by atoms with van der Waals surface area (Å²) in [5, 5.41) is 6.19. The minimum absolute atomic E-state index is 0.0694. The summed E-state index contributed by atoms with van der Waals surface area (Å²) in [5.41, 5.74) is 2.67. The number of nitrogens with one attached hydrogen (secondary N) is 1. The Morgan fingerprint density at radius 3 is 2.71 bits per heavy atom. The molecule has 1 amide bonds. The van der Waals surface area contributed by atoms with Crippen LogP contribution in [0.3, 0.4) is 0 Å². The Morgan fingerprint density at radius 1 is 1.25 bits per heavy atom. The number of para-hydroxylation sites is 1. The first-order valence-corrected chi connectivity index (χ1v) is 11.2. The first kappa shape index (κ1) is 20.7. The molecule has 3 rings (SSSR count). The fraction of sp³-hybridized carbons (Fsp3) is 0.238. The van der Waals surface area contributed by atoms with Crippen molar-refractivity contribution < 1.29 is 9.53 Å². The van der Waals surface area contributed by atoms with Gasteiger partial charge in [0.1, 0.15) is 10.8 Å². The molecule has 0 aliphatic rings. The van der Waals surface area contributed by atoms with Crippen LogP contribution in [-0.2, 0) is 10.5 Å². The number of nitrogens with zero attached hydrogens (tertiary/aromatic N) is 1. The second-order valence-corrected chi connectivity index (χ2v) is 8.62. The van der Waals surface area contributed by atoms with Crippen LogP contribution in [0.15, 0.2) is 53.9 Å². The number of amides is 1. The molecule has 146 valence electrons. The normalized spacial score (nSPS) is 11.8. The van der Waals surface area contributed by atoms with Gasteiger partial charge in [0.15, 0.2) is 0 Å². The Labute approximate surface area is 178 Å². The highest BCUT2D eigenvalue weighted by Crippen LogP contribution is 2.28. The van der Waals surface area contributed by atoms with Gasteiger partial charge in [-0.2, -0.15) is 0 Å². The Hall–Kier alpha value is -2.02. The van der Waals surface area contributed by atoms with Gasteiger partial charge in [-0.15, -0.1) is 23.1 Å². The lowest BCUT2D eigenvalue weighted by molar-refractivity contribution is -0.115. The maximum Gasteiger partial charge on any atom is 0.237 e. The van der Waals surface area contributed by atoms with Gasteiger partial charge in [-0.1, -0.05) is 23.7 Å². The molecule has 0 radical (unpaired) electrons. The molecule has 1 heterocycles. The third-order valence-corrected chi connectivity index (χ3v) is 6.39. The minimum atomic E-state index is -0.216. The van der Waals surface area contributed by atoms with Crippen LogP contribution < -0.4 is 10.1 Å². The highest BCUT2D eigenvalue weighted by molar-refractivity contribution is 7.99. The van der Waals surface area contributed by atoms with Gasteiger partial charge in [-0.25, -0.2) is 4.98 Å². The van der Waals surface area contributed by atoms with E-state index in [9.17, 15) is 4.79 Å². The molecule has 28 heavy (non-hydrogen) atoms. The maximum absolute atomic E-state index is 12.4. The third kappa shape index (κ3) is 5.50. The number of ether oxygens (including phenoxy) is 1. The first-order chi connectivity index (χ1) is 13.6. The summed E-state index contributed by atoms with van der Waals surface area (Å²) in [6.07, 6.45) is 0. The molecule has 1 unspecified atom stereocenters. The highest BCUT2D eigenvalue weighted by Gasteiger charge is 2.16. The Kier molecular flexibility index (Phi) is 7.36. The number of thiazole rings is 1. The molecular formula is C21H21ClN2O2S2. The monoisotopic (exact) mass is 432 g/mol. The topological polar surface area (TPSA) is 51.2 Å². The van der Waals surface area contributed by atoms with E-state index >= 15 is 0 Å². The second-order valence-electron chi connectivity index (χ2n) is 6.02. The van der Waals surface area contributed by atoms with Gasteiger partial charge in [0.05, 0.1) is 28.3 Å². The van der Waals surface area contributed by atoms with Crippen LogP contribution in [0.25, 0.3) is 10.6 Å². The zero-order valence-corrected chi connectivity index (χ0v) is 18.0. The lowest BCUT2D eigenvalue weighted by Gasteiger charge is -2.12. The smallest absolute Gasteiger partial charge is 0.237 e. The molecule has 0 spiro atoms. The predicted molar refractivity (Wildman–Crippen MR) is 120 cm³/mol. The van der Waals surface area contributed by atoms with E-state index in [1.54, 1.807) is 35.2 Å². The van der Waals surface area contributed by atoms with E-state index in [2.05, 4.69) is 10.3 Å². The molecule has 1 atom stereocenters. The summed E-state index contributed by atoms with van der Waals surface area (Å²) in [7, 11) is 0. The van der Waals surface area contributed by atoms with Crippen molar-refractivity contribution >= 4 is 46.3 Å². The number of hydrogen-bond acceptors (Lipinski definition) is 5. The molecule has 0 bridgehead atoms. The number of aromatic nitrogens is 1. The van der Waals surface area contributed by atoms with Crippen molar-refractivity contribution in [1.82, 2.24) is 4.98 Å². The first-order valence-electron chi connectivity index (χ1n) is 8.91. The van der Waals surface area contributed by atoms with Crippen molar-refractivity contribution in [1.29, 1.82) is 0 Å². The number of thioether (sulfide) groups is 1. The molecule has 7 heteroatoms. The fourth-order valence-corrected chi connectivity index (χ4v) is 4.34. The molecule has 1 N–H and O–H groups in total. The van der Waals surface area contributed by atoms with Crippen LogP contribution in [0.1, 0.15) is 19.5 Å². The van der Waals surface area contributed by atoms with Crippen LogP contribution in [0.5, 0.6) is 5.75 Å². The average molecular weight is 433 g/mol. The zero-order valence-electron chi connectivity index (χ0n) is 15.6. The number of carbonyl (C=O) groups is 1. The van der Waals surface area contributed by atoms with E-state index < -0.39 is 0 Å². The van der Waals surface area contributed by atoms with Crippen LogP contribution in [0, 0.1) is 0 Å². The van der Waals surface area contributed by atoms with Gasteiger partial charge in [0.25, 0.3) is 0 Å². The number of rotatable bonds is 8. The van der Waals surface area contributed by atoms with Gasteiger partial charge in [-0.3, -0.25) is 4.79 Å². The minimum Gasteiger partial charge on any atom is -0.494 e. The van der Waals surface area contributed by atoms with Crippen molar-refractivity contribution in [3.63, 3.8) is 0 Å². The van der Waals surface area contributed by atoms with Crippen LogP contribution in [0.4, 0.5) is 5.69 Å².